The van der Waals surface area contributed by atoms with E-state index in [1.165, 1.54) is 32.9 Å². The van der Waals surface area contributed by atoms with Crippen molar-refractivity contribution in [2.45, 2.75) is 44.7 Å². The molecular formula is C16H16BrF3N2O4. The first-order chi connectivity index (χ1) is 11.7. The summed E-state index contributed by atoms with van der Waals surface area (Å²) in [7, 11) is 0. The van der Waals surface area contributed by atoms with Crippen molar-refractivity contribution in [1.29, 1.82) is 0 Å². The second-order valence-corrected chi connectivity index (χ2v) is 7.58. The standard InChI is InChI=1S/C16H16BrF3N2O4/c1-14(2,3)26-13(24)12(23)22-15(25,16(18,19)20)8-11(21-22)9-5-4-6-10(17)7-9/h4-7,25H,8H2,1-3H3/t15-/m1/s1. The number of halogens is 4. The minimum atomic E-state index is -5.23. The zero-order valence-corrected chi connectivity index (χ0v) is 15.7. The van der Waals surface area contributed by atoms with Gasteiger partial charge in [0.05, 0.1) is 12.1 Å². The van der Waals surface area contributed by atoms with E-state index in [0.717, 1.165) is 0 Å². The highest BCUT2D eigenvalue weighted by Crippen LogP contribution is 2.41. The first-order valence-corrected chi connectivity index (χ1v) is 8.24. The molecule has 0 bridgehead atoms. The summed E-state index contributed by atoms with van der Waals surface area (Å²) < 4.78 is 45.7. The Balaban J connectivity index is 2.44. The maximum atomic E-state index is 13.4. The molecule has 1 aromatic rings. The molecule has 1 N–H and O–H groups in total. The molecule has 2 rings (SSSR count). The normalized spacial score (nSPS) is 20.8. The highest BCUT2D eigenvalue weighted by molar-refractivity contribution is 9.10. The second kappa shape index (κ2) is 6.66. The summed E-state index contributed by atoms with van der Waals surface area (Å²) in [6, 6.07) is 6.17. The van der Waals surface area contributed by atoms with Gasteiger partial charge < -0.3 is 9.84 Å². The molecule has 0 saturated heterocycles. The molecule has 1 atom stereocenters. The molecule has 1 aliphatic rings. The van der Waals surface area contributed by atoms with Crippen LogP contribution in [-0.2, 0) is 14.3 Å². The largest absolute Gasteiger partial charge is 0.453 e. The van der Waals surface area contributed by atoms with Crippen molar-refractivity contribution in [2.24, 2.45) is 5.10 Å². The summed E-state index contributed by atoms with van der Waals surface area (Å²) in [5.74, 6) is -3.25. The maximum absolute atomic E-state index is 13.4. The number of alkyl halides is 3. The third kappa shape index (κ3) is 4.07. The first kappa shape index (κ1) is 20.4. The molecule has 1 amide bonds. The van der Waals surface area contributed by atoms with Crippen molar-refractivity contribution >= 4 is 33.5 Å². The number of hydrazone groups is 1. The van der Waals surface area contributed by atoms with Crippen LogP contribution in [0, 0.1) is 0 Å². The molecular weight excluding hydrogens is 421 g/mol. The number of hydrogen-bond acceptors (Lipinski definition) is 5. The van der Waals surface area contributed by atoms with Gasteiger partial charge in [-0.1, -0.05) is 28.1 Å². The molecule has 0 unspecified atom stereocenters. The number of aliphatic hydroxyl groups is 1. The fraction of sp³-hybridized carbons (Fsp3) is 0.438. The SMILES string of the molecule is CC(C)(C)OC(=O)C(=O)N1N=C(c2cccc(Br)c2)C[C@@]1(O)C(F)(F)F. The Bertz CT molecular complexity index is 773. The average molecular weight is 437 g/mol. The minimum absolute atomic E-state index is 0.192. The molecule has 1 aliphatic heterocycles. The van der Waals surface area contributed by atoms with Gasteiger partial charge in [-0.3, -0.25) is 4.79 Å². The van der Waals surface area contributed by atoms with Gasteiger partial charge in [0.15, 0.2) is 0 Å². The number of hydrogen-bond donors (Lipinski definition) is 1. The molecule has 0 saturated carbocycles. The molecule has 0 aromatic heterocycles. The van der Waals surface area contributed by atoms with Crippen molar-refractivity contribution in [1.82, 2.24) is 5.01 Å². The predicted octanol–water partition coefficient (Wildman–Crippen LogP) is 2.98. The Morgan fingerprint density at radius 1 is 1.31 bits per heavy atom. The van der Waals surface area contributed by atoms with Crippen LogP contribution in [0.25, 0.3) is 0 Å². The third-order valence-electron chi connectivity index (χ3n) is 3.36. The number of nitrogens with zero attached hydrogens (tertiary/aromatic N) is 2. The molecule has 0 aliphatic carbocycles. The molecule has 0 fully saturated rings. The number of rotatable bonds is 1. The zero-order valence-electron chi connectivity index (χ0n) is 14.1. The lowest BCUT2D eigenvalue weighted by Crippen LogP contribution is -2.58. The minimum Gasteiger partial charge on any atom is -0.453 e. The molecule has 0 spiro atoms. The smallest absolute Gasteiger partial charge is 0.438 e. The fourth-order valence-electron chi connectivity index (χ4n) is 2.22. The van der Waals surface area contributed by atoms with E-state index in [-0.39, 0.29) is 16.3 Å². The van der Waals surface area contributed by atoms with E-state index in [1.54, 1.807) is 12.1 Å². The lowest BCUT2D eigenvalue weighted by Gasteiger charge is -2.32. The van der Waals surface area contributed by atoms with Crippen molar-refractivity contribution < 1.29 is 32.6 Å². The van der Waals surface area contributed by atoms with Crippen LogP contribution in [0.5, 0.6) is 0 Å². The zero-order chi connectivity index (χ0) is 19.9. The highest BCUT2D eigenvalue weighted by atomic mass is 79.9. The highest BCUT2D eigenvalue weighted by Gasteiger charge is 2.64. The number of amides is 1. The van der Waals surface area contributed by atoms with E-state index in [4.69, 9.17) is 4.74 Å². The topological polar surface area (TPSA) is 79.2 Å². The molecule has 142 valence electrons. The van der Waals surface area contributed by atoms with Gasteiger partial charge in [0.25, 0.3) is 5.72 Å². The summed E-state index contributed by atoms with van der Waals surface area (Å²) in [5, 5.41) is 13.5. The van der Waals surface area contributed by atoms with Crippen LogP contribution in [-0.4, -0.2) is 45.2 Å². The second-order valence-electron chi connectivity index (χ2n) is 6.67. The average Bonchev–Trinajstić information content (AvgIpc) is 2.83. The van der Waals surface area contributed by atoms with Crippen molar-refractivity contribution in [3.8, 4) is 0 Å². The fourth-order valence-corrected chi connectivity index (χ4v) is 2.62. The molecule has 1 heterocycles. The van der Waals surface area contributed by atoms with Gasteiger partial charge in [0.2, 0.25) is 0 Å². The Morgan fingerprint density at radius 2 is 1.92 bits per heavy atom. The van der Waals surface area contributed by atoms with Crippen LogP contribution in [0.4, 0.5) is 13.2 Å². The number of benzene rings is 1. The Labute approximate surface area is 155 Å². The summed E-state index contributed by atoms with van der Waals surface area (Å²) in [4.78, 5) is 24.1. The molecule has 6 nitrogen and oxygen atoms in total. The Kier molecular flexibility index (Phi) is 5.22. The summed E-state index contributed by atoms with van der Waals surface area (Å²) in [6.07, 6.45) is -6.25. The number of carbonyl (C=O) groups is 2. The number of ether oxygens (including phenoxy) is 1. The van der Waals surface area contributed by atoms with E-state index in [1.807, 2.05) is 0 Å². The molecule has 26 heavy (non-hydrogen) atoms. The number of esters is 1. The monoisotopic (exact) mass is 436 g/mol. The molecule has 10 heteroatoms. The van der Waals surface area contributed by atoms with Crippen LogP contribution in [0.15, 0.2) is 33.8 Å². The maximum Gasteiger partial charge on any atom is 0.438 e. The molecule has 1 aromatic carbocycles. The van der Waals surface area contributed by atoms with Gasteiger partial charge in [0.1, 0.15) is 5.60 Å². The van der Waals surface area contributed by atoms with Crippen LogP contribution >= 0.6 is 15.9 Å². The Hall–Kier alpha value is -1.94. The van der Waals surface area contributed by atoms with Crippen molar-refractivity contribution in [3.05, 3.63) is 34.3 Å². The first-order valence-electron chi connectivity index (χ1n) is 7.45. The van der Waals surface area contributed by atoms with Gasteiger partial charge >= 0.3 is 18.1 Å². The lowest BCUT2D eigenvalue weighted by molar-refractivity contribution is -0.302. The molecule has 0 radical (unpaired) electrons. The van der Waals surface area contributed by atoms with Gasteiger partial charge in [-0.2, -0.15) is 23.3 Å². The summed E-state index contributed by atoms with van der Waals surface area (Å²) >= 11 is 3.18. The van der Waals surface area contributed by atoms with Crippen LogP contribution < -0.4 is 0 Å². The number of carbonyl (C=O) groups excluding carboxylic acids is 2. The van der Waals surface area contributed by atoms with Crippen LogP contribution in [0.1, 0.15) is 32.8 Å². The van der Waals surface area contributed by atoms with Crippen molar-refractivity contribution in [2.75, 3.05) is 0 Å². The lowest BCUT2D eigenvalue weighted by atomic mass is 10.0. The van der Waals surface area contributed by atoms with Gasteiger partial charge in [-0.15, -0.1) is 0 Å². The van der Waals surface area contributed by atoms with E-state index in [0.29, 0.717) is 4.47 Å². The Morgan fingerprint density at radius 3 is 2.42 bits per heavy atom. The van der Waals surface area contributed by atoms with Crippen LogP contribution in [0.2, 0.25) is 0 Å². The van der Waals surface area contributed by atoms with Gasteiger partial charge in [-0.25, -0.2) is 4.79 Å². The predicted molar refractivity (Wildman–Crippen MR) is 89.0 cm³/mol. The van der Waals surface area contributed by atoms with Gasteiger partial charge in [0, 0.05) is 4.47 Å². The van der Waals surface area contributed by atoms with E-state index >= 15 is 0 Å². The van der Waals surface area contributed by atoms with Crippen molar-refractivity contribution in [3.63, 3.8) is 0 Å². The quantitative estimate of drug-likeness (QED) is 0.542. The summed E-state index contributed by atoms with van der Waals surface area (Å²) in [5.41, 5.74) is -4.66. The summed E-state index contributed by atoms with van der Waals surface area (Å²) in [6.45, 7) is 4.36. The van der Waals surface area contributed by atoms with Crippen LogP contribution in [0.3, 0.4) is 0 Å². The van der Waals surface area contributed by atoms with E-state index in [2.05, 4.69) is 21.0 Å². The van der Waals surface area contributed by atoms with E-state index in [9.17, 15) is 27.9 Å². The van der Waals surface area contributed by atoms with Gasteiger partial charge in [-0.05, 0) is 38.5 Å². The third-order valence-corrected chi connectivity index (χ3v) is 3.86. The van der Waals surface area contributed by atoms with E-state index < -0.39 is 35.8 Å².